The van der Waals surface area contributed by atoms with E-state index in [1.54, 1.807) is 0 Å². The number of hydrogen-bond donors (Lipinski definition) is 0. The number of hydrogen-bond acceptors (Lipinski definition) is 0. The molecule has 0 N–H and O–H groups in total. The topological polar surface area (TPSA) is 0 Å². The molecule has 2 nitrogen and oxygen atoms in total. The highest BCUT2D eigenvalue weighted by Crippen LogP contribution is 2.14. The van der Waals surface area contributed by atoms with Crippen LogP contribution < -0.4 is 34.0 Å². The van der Waals surface area contributed by atoms with E-state index in [1.807, 2.05) is 0 Å². The molecule has 0 radical (unpaired) electrons. The van der Waals surface area contributed by atoms with Gasteiger partial charge in [-0.15, -0.1) is 0 Å². The predicted octanol–water partition coefficient (Wildman–Crippen LogP) is 2.99. The van der Waals surface area contributed by atoms with Crippen LogP contribution in [0.3, 0.4) is 0 Å². The van der Waals surface area contributed by atoms with E-state index in [0.29, 0.717) is 0 Å². The van der Waals surface area contributed by atoms with E-state index in [-0.39, 0.29) is 34.0 Å². The van der Waals surface area contributed by atoms with Crippen molar-refractivity contribution in [3.05, 3.63) is 0 Å². The minimum atomic E-state index is 0. The van der Waals surface area contributed by atoms with Crippen molar-refractivity contribution in [3.63, 3.8) is 0 Å². The Morgan fingerprint density at radius 1 is 0.294 bits per heavy atom. The molecule has 0 aliphatic carbocycles. The summed E-state index contributed by atoms with van der Waals surface area (Å²) in [7, 11) is 9.77. The molecule has 0 heterocycles. The second kappa shape index (κ2) is 26.9. The van der Waals surface area contributed by atoms with Crippen molar-refractivity contribution in [2.75, 3.05) is 54.4 Å². The molecule has 0 unspecified atom stereocenters. The SMILES string of the molecule is CCCCCCCCCCCCCC[N+](C)(C)CCCCCC[N+](C)(C)CCCCCC.[Br-].[Br-]. The van der Waals surface area contributed by atoms with Crippen LogP contribution in [0.2, 0.25) is 0 Å². The summed E-state index contributed by atoms with van der Waals surface area (Å²) >= 11 is 0. The Bertz CT molecular complexity index is 386. The summed E-state index contributed by atoms with van der Waals surface area (Å²) < 4.78 is 2.46. The maximum atomic E-state index is 2.45. The first-order valence-corrected chi connectivity index (χ1v) is 15.0. The van der Waals surface area contributed by atoms with Crippen molar-refractivity contribution in [2.24, 2.45) is 0 Å². The zero-order valence-electron chi connectivity index (χ0n) is 24.6. The van der Waals surface area contributed by atoms with Gasteiger partial charge < -0.3 is 42.9 Å². The Balaban J connectivity index is -0.00000480. The molecule has 34 heavy (non-hydrogen) atoms. The van der Waals surface area contributed by atoms with Gasteiger partial charge in [-0.25, -0.2) is 0 Å². The molecular weight excluding hydrogens is 548 g/mol. The number of halogens is 2. The Morgan fingerprint density at radius 2 is 0.471 bits per heavy atom. The lowest BCUT2D eigenvalue weighted by molar-refractivity contribution is -0.891. The second-order valence-corrected chi connectivity index (χ2v) is 12.1. The first kappa shape index (κ1) is 39.4. The minimum Gasteiger partial charge on any atom is -1.00 e. The average molecular weight is 615 g/mol. The van der Waals surface area contributed by atoms with Gasteiger partial charge in [0.1, 0.15) is 0 Å². The van der Waals surface area contributed by atoms with E-state index in [4.69, 9.17) is 0 Å². The van der Waals surface area contributed by atoms with E-state index < -0.39 is 0 Å². The van der Waals surface area contributed by atoms with Gasteiger partial charge in [0.15, 0.2) is 0 Å². The lowest BCUT2D eigenvalue weighted by Gasteiger charge is -2.31. The molecule has 0 aliphatic rings. The van der Waals surface area contributed by atoms with Crippen molar-refractivity contribution in [3.8, 4) is 0 Å². The molecule has 0 aromatic carbocycles. The third kappa shape index (κ3) is 29.1. The zero-order chi connectivity index (χ0) is 24.0. The maximum absolute atomic E-state index is 2.45. The van der Waals surface area contributed by atoms with Crippen LogP contribution in [0.5, 0.6) is 0 Å². The fraction of sp³-hybridized carbons (Fsp3) is 1.00. The highest BCUT2D eigenvalue weighted by atomic mass is 79.9. The van der Waals surface area contributed by atoms with Crippen molar-refractivity contribution in [2.45, 2.75) is 142 Å². The predicted molar refractivity (Wildman–Crippen MR) is 147 cm³/mol. The summed E-state index contributed by atoms with van der Waals surface area (Å²) in [6.07, 6.45) is 28.7. The smallest absolute Gasteiger partial charge is 0.0782 e. The third-order valence-corrected chi connectivity index (χ3v) is 7.51. The highest BCUT2D eigenvalue weighted by molar-refractivity contribution is 4.50. The Hall–Kier alpha value is 0.880. The molecule has 0 saturated heterocycles. The van der Waals surface area contributed by atoms with Crippen LogP contribution in [0, 0.1) is 0 Å². The molecule has 0 spiro atoms. The molecule has 0 atom stereocenters. The summed E-state index contributed by atoms with van der Waals surface area (Å²) in [5.41, 5.74) is 0. The summed E-state index contributed by atoms with van der Waals surface area (Å²) in [4.78, 5) is 0. The minimum absolute atomic E-state index is 0. The fourth-order valence-corrected chi connectivity index (χ4v) is 5.00. The number of rotatable bonds is 25. The molecule has 0 aromatic rings. The van der Waals surface area contributed by atoms with Crippen LogP contribution in [-0.2, 0) is 0 Å². The van der Waals surface area contributed by atoms with Crippen LogP contribution in [0.4, 0.5) is 0 Å². The van der Waals surface area contributed by atoms with Crippen LogP contribution >= 0.6 is 0 Å². The normalized spacial score (nSPS) is 11.8. The monoisotopic (exact) mass is 612 g/mol. The van der Waals surface area contributed by atoms with E-state index in [2.05, 4.69) is 42.0 Å². The lowest BCUT2D eigenvalue weighted by Crippen LogP contribution is -3.00. The molecule has 210 valence electrons. The number of nitrogens with zero attached hydrogens (tertiary/aromatic N) is 2. The molecule has 0 rings (SSSR count). The van der Waals surface area contributed by atoms with Gasteiger partial charge in [-0.05, 0) is 51.4 Å². The first-order valence-electron chi connectivity index (χ1n) is 15.0. The molecule has 0 bridgehead atoms. The summed E-state index contributed by atoms with van der Waals surface area (Å²) in [6.45, 7) is 10.1. The highest BCUT2D eigenvalue weighted by Gasteiger charge is 2.15. The molecule has 0 amide bonds. The van der Waals surface area contributed by atoms with Crippen LogP contribution in [-0.4, -0.2) is 63.3 Å². The van der Waals surface area contributed by atoms with Gasteiger partial charge in [-0.3, -0.25) is 0 Å². The number of unbranched alkanes of at least 4 members (excludes halogenated alkanes) is 17. The van der Waals surface area contributed by atoms with Gasteiger partial charge in [0.05, 0.1) is 54.4 Å². The van der Waals surface area contributed by atoms with Gasteiger partial charge >= 0.3 is 0 Å². The Kier molecular flexibility index (Phi) is 31.2. The molecule has 4 heteroatoms. The largest absolute Gasteiger partial charge is 1.00 e. The van der Waals surface area contributed by atoms with Gasteiger partial charge in [-0.1, -0.05) is 90.9 Å². The standard InChI is InChI=1S/C30H66N2.2BrH/c1-7-9-11-13-14-15-16-17-18-19-20-24-28-32(5,6)30-26-22-21-25-29-31(3,4)27-23-12-10-8-2;;/h7-30H2,1-6H3;2*1H/q+2;;/p-2. The van der Waals surface area contributed by atoms with Gasteiger partial charge in [0.2, 0.25) is 0 Å². The maximum Gasteiger partial charge on any atom is 0.0782 e. The van der Waals surface area contributed by atoms with E-state index in [1.165, 1.54) is 164 Å². The fourth-order valence-electron chi connectivity index (χ4n) is 5.00. The average Bonchev–Trinajstić information content (AvgIpc) is 2.74. The second-order valence-electron chi connectivity index (χ2n) is 12.1. The Morgan fingerprint density at radius 3 is 0.706 bits per heavy atom. The quantitative estimate of drug-likeness (QED) is 0.110. The van der Waals surface area contributed by atoms with Crippen molar-refractivity contribution in [1.29, 1.82) is 0 Å². The van der Waals surface area contributed by atoms with E-state index >= 15 is 0 Å². The van der Waals surface area contributed by atoms with Crippen molar-refractivity contribution in [1.82, 2.24) is 0 Å². The van der Waals surface area contributed by atoms with Gasteiger partial charge in [0, 0.05) is 0 Å². The summed E-state index contributed by atoms with van der Waals surface area (Å²) in [5.74, 6) is 0. The zero-order valence-corrected chi connectivity index (χ0v) is 27.8. The summed E-state index contributed by atoms with van der Waals surface area (Å²) in [5, 5.41) is 0. The van der Waals surface area contributed by atoms with Crippen molar-refractivity contribution < 1.29 is 42.9 Å². The lowest BCUT2D eigenvalue weighted by atomic mass is 10.1. The van der Waals surface area contributed by atoms with Crippen LogP contribution in [0.15, 0.2) is 0 Å². The molecule has 0 saturated carbocycles. The first-order chi connectivity index (χ1) is 15.3. The van der Waals surface area contributed by atoms with Crippen LogP contribution in [0.25, 0.3) is 0 Å². The molecular formula is C30H66Br2N2. The van der Waals surface area contributed by atoms with Gasteiger partial charge in [0.25, 0.3) is 0 Å². The number of quaternary nitrogens is 2. The van der Waals surface area contributed by atoms with E-state index in [0.717, 1.165) is 0 Å². The third-order valence-electron chi connectivity index (χ3n) is 7.51. The molecule has 0 aliphatic heterocycles. The Labute approximate surface area is 238 Å². The molecule has 0 fully saturated rings. The summed E-state index contributed by atoms with van der Waals surface area (Å²) in [6, 6.07) is 0. The van der Waals surface area contributed by atoms with Crippen LogP contribution in [0.1, 0.15) is 142 Å². The van der Waals surface area contributed by atoms with Crippen molar-refractivity contribution >= 4 is 0 Å². The van der Waals surface area contributed by atoms with Gasteiger partial charge in [-0.2, -0.15) is 0 Å². The molecule has 0 aromatic heterocycles. The van der Waals surface area contributed by atoms with E-state index in [9.17, 15) is 0 Å².